The Hall–Kier alpha value is 1.37. The van der Waals surface area contributed by atoms with Crippen LogP contribution in [0.2, 0.25) is 0 Å². The Balaban J connectivity index is -0.00000000800. The summed E-state index contributed by atoms with van der Waals surface area (Å²) in [7, 11) is -5.39. The van der Waals surface area contributed by atoms with Gasteiger partial charge in [0.1, 0.15) is 0 Å². The molecule has 0 saturated carbocycles. The number of phosphoric acid groups is 1. The maximum Gasteiger partial charge on any atom is 2.00 e. The SMILES string of the molecule is O=P([O-])([O-])[O-].[Ca+2].[H+].[H+].[H+].[H+]. The molecule has 0 amide bonds. The average Bonchev–Trinajstić information content (AvgIpc) is 0.722. The van der Waals surface area contributed by atoms with E-state index in [-0.39, 0.29) is 43.4 Å². The molecule has 0 saturated heterocycles. The fourth-order valence-corrected chi connectivity index (χ4v) is 0. The minimum atomic E-state index is -5.39. The van der Waals surface area contributed by atoms with E-state index in [4.69, 9.17) is 19.2 Å². The Morgan fingerprint density at radius 2 is 1.33 bits per heavy atom. The van der Waals surface area contributed by atoms with Gasteiger partial charge >= 0.3 is 43.4 Å². The van der Waals surface area contributed by atoms with Gasteiger partial charge in [-0.2, -0.15) is 7.82 Å². The van der Waals surface area contributed by atoms with E-state index >= 15 is 0 Å². The first-order chi connectivity index (χ1) is 2.00. The summed E-state index contributed by atoms with van der Waals surface area (Å²) < 4.78 is 8.55. The predicted molar refractivity (Wildman–Crippen MR) is 17.8 cm³/mol. The molecule has 6 heavy (non-hydrogen) atoms. The molecule has 0 aromatic rings. The van der Waals surface area contributed by atoms with Gasteiger partial charge in [0.2, 0.25) is 0 Å². The third-order valence-electron chi connectivity index (χ3n) is 0. The Morgan fingerprint density at radius 1 is 1.33 bits per heavy atom. The monoisotopic (exact) mass is 139 g/mol. The van der Waals surface area contributed by atoms with E-state index in [0.29, 0.717) is 0 Å². The van der Waals surface area contributed by atoms with Crippen molar-refractivity contribution < 1.29 is 25.0 Å². The summed E-state index contributed by atoms with van der Waals surface area (Å²) in [5, 5.41) is 0. The molecule has 0 aromatic heterocycles. The molecule has 0 unspecified atom stereocenters. The van der Waals surface area contributed by atoms with Crippen molar-refractivity contribution in [2.75, 3.05) is 0 Å². The molecule has 32 valence electrons. The summed E-state index contributed by atoms with van der Waals surface area (Å²) >= 11 is 0. The van der Waals surface area contributed by atoms with Crippen LogP contribution in [0.25, 0.3) is 0 Å². The molecular formula is H4CaO4P+3. The summed E-state index contributed by atoms with van der Waals surface area (Å²) in [5.74, 6) is 0. The van der Waals surface area contributed by atoms with Crippen molar-refractivity contribution in [1.82, 2.24) is 0 Å². The van der Waals surface area contributed by atoms with E-state index in [1.807, 2.05) is 0 Å². The van der Waals surface area contributed by atoms with Crippen molar-refractivity contribution in [3.63, 3.8) is 0 Å². The van der Waals surface area contributed by atoms with Crippen LogP contribution in [0.15, 0.2) is 0 Å². The van der Waals surface area contributed by atoms with Crippen LogP contribution in [0, 0.1) is 0 Å². The van der Waals surface area contributed by atoms with Crippen molar-refractivity contribution in [1.29, 1.82) is 0 Å². The van der Waals surface area contributed by atoms with Crippen LogP contribution in [0.1, 0.15) is 5.71 Å². The normalized spacial score (nSPS) is 9.83. The Kier molecular flexibility index (Phi) is 5.84. The van der Waals surface area contributed by atoms with E-state index in [1.165, 1.54) is 0 Å². The second kappa shape index (κ2) is 3.38. The first-order valence-corrected chi connectivity index (χ1v) is 2.19. The summed E-state index contributed by atoms with van der Waals surface area (Å²) in [6.07, 6.45) is 0. The van der Waals surface area contributed by atoms with Gasteiger partial charge in [0.15, 0.2) is 0 Å². The zero-order chi connectivity index (χ0) is 4.50. The second-order valence-electron chi connectivity index (χ2n) is 0.447. The summed E-state index contributed by atoms with van der Waals surface area (Å²) in [5.41, 5.74) is 0. The summed E-state index contributed by atoms with van der Waals surface area (Å²) in [4.78, 5) is 25.6. The molecule has 0 spiro atoms. The average molecular weight is 139 g/mol. The van der Waals surface area contributed by atoms with Crippen LogP contribution in [-0.2, 0) is 4.57 Å². The molecule has 0 aliphatic rings. The van der Waals surface area contributed by atoms with E-state index in [9.17, 15) is 0 Å². The number of hydrogen-bond donors (Lipinski definition) is 0. The minimum Gasteiger partial charge on any atom is -0.822 e. The quantitative estimate of drug-likeness (QED) is 0.269. The molecule has 0 radical (unpaired) electrons. The fourth-order valence-electron chi connectivity index (χ4n) is 0. The Bertz CT molecular complexity index is 63.4. The van der Waals surface area contributed by atoms with Crippen molar-refractivity contribution in [2.45, 2.75) is 0 Å². The van der Waals surface area contributed by atoms with Crippen LogP contribution in [0.4, 0.5) is 0 Å². The molecular weight excluding hydrogens is 135 g/mol. The van der Waals surface area contributed by atoms with Gasteiger partial charge in [-0.3, -0.25) is 0 Å². The molecule has 0 rings (SSSR count). The standard InChI is InChI=1S/Ca.H3O4P/c;1-5(2,3)4/h;(H3,1,2,3,4)/q+2;/p+1. The van der Waals surface area contributed by atoms with Crippen LogP contribution in [-0.4, -0.2) is 37.7 Å². The molecule has 0 aliphatic carbocycles. The molecule has 0 aromatic carbocycles. The number of hydrogen-bond acceptors (Lipinski definition) is 4. The van der Waals surface area contributed by atoms with Crippen molar-refractivity contribution in [2.24, 2.45) is 0 Å². The molecule has 0 heterocycles. The third kappa shape index (κ3) is 54.6. The summed E-state index contributed by atoms with van der Waals surface area (Å²) in [6, 6.07) is 0. The van der Waals surface area contributed by atoms with Gasteiger partial charge in [-0.05, 0) is 0 Å². The van der Waals surface area contributed by atoms with Gasteiger partial charge in [-0.25, -0.2) is 0 Å². The van der Waals surface area contributed by atoms with Gasteiger partial charge in [0, 0.05) is 0 Å². The minimum absolute atomic E-state index is 0. The molecule has 6 heteroatoms. The van der Waals surface area contributed by atoms with Crippen LogP contribution in [0.3, 0.4) is 0 Å². The van der Waals surface area contributed by atoms with Gasteiger partial charge in [0.25, 0.3) is 0 Å². The molecule has 0 fully saturated rings. The Labute approximate surface area is 70.4 Å². The zero-order valence-corrected chi connectivity index (χ0v) is 5.89. The Morgan fingerprint density at radius 3 is 1.33 bits per heavy atom. The molecule has 0 N–H and O–H groups in total. The van der Waals surface area contributed by atoms with Crippen molar-refractivity contribution in [3.05, 3.63) is 0 Å². The third-order valence-corrected chi connectivity index (χ3v) is 0. The van der Waals surface area contributed by atoms with E-state index in [2.05, 4.69) is 0 Å². The topological polar surface area (TPSA) is 86.2 Å². The van der Waals surface area contributed by atoms with Gasteiger partial charge in [-0.1, -0.05) is 0 Å². The largest absolute Gasteiger partial charge is 2.00 e. The molecule has 0 aliphatic heterocycles. The van der Waals surface area contributed by atoms with Crippen LogP contribution >= 0.6 is 7.82 Å². The van der Waals surface area contributed by atoms with E-state index < -0.39 is 7.82 Å². The maximum atomic E-state index is 8.55. The van der Waals surface area contributed by atoms with Crippen molar-refractivity contribution in [3.8, 4) is 0 Å². The van der Waals surface area contributed by atoms with Crippen molar-refractivity contribution >= 4 is 45.6 Å². The molecule has 4 nitrogen and oxygen atoms in total. The van der Waals surface area contributed by atoms with Gasteiger partial charge in [-0.15, -0.1) is 0 Å². The fraction of sp³-hybridized carbons (Fsp3) is 0. The van der Waals surface area contributed by atoms with E-state index in [1.54, 1.807) is 0 Å². The zero-order valence-electron chi connectivity index (χ0n) is 6.79. The van der Waals surface area contributed by atoms with Gasteiger partial charge in [0.05, 0.1) is 0 Å². The second-order valence-corrected chi connectivity index (χ2v) is 1.34. The molecule has 0 bridgehead atoms. The summed E-state index contributed by atoms with van der Waals surface area (Å²) in [6.45, 7) is 0. The number of rotatable bonds is 0. The van der Waals surface area contributed by atoms with Crippen LogP contribution < -0.4 is 14.7 Å². The first kappa shape index (κ1) is 10.4. The van der Waals surface area contributed by atoms with Gasteiger partial charge < -0.3 is 19.2 Å². The smallest absolute Gasteiger partial charge is 0.822 e. The maximum absolute atomic E-state index is 8.55. The predicted octanol–water partition coefficient (Wildman–Crippen LogP) is -2.76. The van der Waals surface area contributed by atoms with E-state index in [0.717, 1.165) is 0 Å². The van der Waals surface area contributed by atoms with Crippen LogP contribution in [0.5, 0.6) is 0 Å². The first-order valence-electron chi connectivity index (χ1n) is 0.730. The molecule has 0 atom stereocenters.